The van der Waals surface area contributed by atoms with Crippen LogP contribution in [0.2, 0.25) is 0 Å². The number of hydrogen-bond donors (Lipinski definition) is 2. The maximum atomic E-state index is 12.5. The number of H-pyrrole nitrogens is 1. The topological polar surface area (TPSA) is 142 Å². The number of esters is 3. The van der Waals surface area contributed by atoms with Gasteiger partial charge in [0.15, 0.2) is 11.9 Å². The SMILES string of the molecule is CCC(=O)OC(OC(=O)CC)(OC(=O)CC)c1[nH]c2cccc3c2c1C[C@@H]1[C@@H]3C=C(CO)CN1C#N. The molecule has 190 valence electrons. The lowest BCUT2D eigenvalue weighted by Gasteiger charge is -2.40. The Balaban J connectivity index is 1.98. The molecule has 0 spiro atoms. The molecular weight excluding hydrogens is 466 g/mol. The molecule has 1 aromatic carbocycles. The van der Waals surface area contributed by atoms with E-state index in [9.17, 15) is 24.8 Å². The molecule has 1 aliphatic carbocycles. The molecule has 1 aliphatic heterocycles. The number of aromatic amines is 1. The Morgan fingerprint density at radius 2 is 1.72 bits per heavy atom. The van der Waals surface area contributed by atoms with E-state index in [0.29, 0.717) is 17.5 Å². The van der Waals surface area contributed by atoms with E-state index in [0.717, 1.165) is 16.5 Å². The number of aliphatic hydroxyl groups is 1. The second kappa shape index (κ2) is 10.0. The molecule has 2 atom stereocenters. The van der Waals surface area contributed by atoms with E-state index in [1.807, 2.05) is 24.3 Å². The molecule has 0 radical (unpaired) electrons. The molecular formula is C26H29N3O7. The first-order valence-corrected chi connectivity index (χ1v) is 12.1. The lowest BCUT2D eigenvalue weighted by molar-refractivity contribution is -0.342. The fourth-order valence-corrected chi connectivity index (χ4v) is 4.87. The number of nitrogens with one attached hydrogen (secondary N) is 1. The van der Waals surface area contributed by atoms with E-state index in [1.54, 1.807) is 25.7 Å². The zero-order valence-electron chi connectivity index (χ0n) is 20.5. The number of aliphatic hydroxyl groups excluding tert-OH is 1. The smallest absolute Gasteiger partial charge is 0.392 e. The zero-order chi connectivity index (χ0) is 26.0. The van der Waals surface area contributed by atoms with Crippen molar-refractivity contribution < 1.29 is 33.7 Å². The van der Waals surface area contributed by atoms with Gasteiger partial charge in [0.2, 0.25) is 0 Å². The molecule has 0 saturated carbocycles. The van der Waals surface area contributed by atoms with Gasteiger partial charge in [-0.1, -0.05) is 39.0 Å². The number of carbonyl (C=O) groups is 3. The summed E-state index contributed by atoms with van der Waals surface area (Å²) in [6.07, 6.45) is 4.39. The van der Waals surface area contributed by atoms with Crippen molar-refractivity contribution in [2.24, 2.45) is 0 Å². The first-order chi connectivity index (χ1) is 17.3. The number of fused-ring (bicyclic) bond motifs is 2. The average molecular weight is 496 g/mol. The molecule has 36 heavy (non-hydrogen) atoms. The van der Waals surface area contributed by atoms with Gasteiger partial charge >= 0.3 is 23.9 Å². The van der Waals surface area contributed by atoms with E-state index < -0.39 is 23.9 Å². The van der Waals surface area contributed by atoms with Gasteiger partial charge in [-0.3, -0.25) is 14.4 Å². The van der Waals surface area contributed by atoms with Gasteiger partial charge in [0.1, 0.15) is 0 Å². The summed E-state index contributed by atoms with van der Waals surface area (Å²) >= 11 is 0. The number of hydrogen-bond acceptors (Lipinski definition) is 9. The summed E-state index contributed by atoms with van der Waals surface area (Å²) < 4.78 is 16.8. The normalized spacial score (nSPS) is 18.6. The first-order valence-electron chi connectivity index (χ1n) is 12.1. The molecule has 2 N–H and O–H groups in total. The predicted octanol–water partition coefficient (Wildman–Crippen LogP) is 2.86. The van der Waals surface area contributed by atoms with Crippen molar-refractivity contribution in [2.45, 2.75) is 64.4 Å². The summed E-state index contributed by atoms with van der Waals surface area (Å²) in [5.41, 5.74) is 3.06. The molecule has 1 aromatic heterocycles. The number of rotatable bonds is 8. The van der Waals surface area contributed by atoms with Crippen LogP contribution in [0.15, 0.2) is 29.8 Å². The minimum atomic E-state index is -2.44. The first kappa shape index (κ1) is 25.3. The highest BCUT2D eigenvalue weighted by Gasteiger charge is 2.51. The van der Waals surface area contributed by atoms with Crippen LogP contribution in [0.5, 0.6) is 0 Å². The van der Waals surface area contributed by atoms with Crippen LogP contribution in [0.3, 0.4) is 0 Å². The molecule has 0 fully saturated rings. The fraction of sp³-hybridized carbons (Fsp3) is 0.462. The van der Waals surface area contributed by atoms with Crippen molar-refractivity contribution in [1.29, 1.82) is 5.26 Å². The van der Waals surface area contributed by atoms with Crippen LogP contribution in [0.25, 0.3) is 10.9 Å². The fourth-order valence-electron chi connectivity index (χ4n) is 4.87. The summed E-state index contributed by atoms with van der Waals surface area (Å²) in [7, 11) is 0. The Labute approximate surface area is 208 Å². The third-order valence-electron chi connectivity index (χ3n) is 6.58. The van der Waals surface area contributed by atoms with Crippen LogP contribution >= 0.6 is 0 Å². The summed E-state index contributed by atoms with van der Waals surface area (Å²) in [6, 6.07) is 5.30. The van der Waals surface area contributed by atoms with Crippen LogP contribution in [-0.2, 0) is 41.0 Å². The summed E-state index contributed by atoms with van der Waals surface area (Å²) in [4.78, 5) is 42.4. The number of carbonyl (C=O) groups excluding carboxylic acids is 3. The van der Waals surface area contributed by atoms with Gasteiger partial charge in [0.05, 0.1) is 19.2 Å². The maximum absolute atomic E-state index is 12.5. The van der Waals surface area contributed by atoms with Gasteiger partial charge in [-0.05, 0) is 29.2 Å². The number of benzene rings is 1. The quantitative estimate of drug-likeness (QED) is 0.245. The third kappa shape index (κ3) is 4.31. The zero-order valence-corrected chi connectivity index (χ0v) is 20.5. The van der Waals surface area contributed by atoms with Gasteiger partial charge < -0.3 is 29.2 Å². The predicted molar refractivity (Wildman–Crippen MR) is 127 cm³/mol. The maximum Gasteiger partial charge on any atom is 0.469 e. The average Bonchev–Trinajstić information content (AvgIpc) is 3.28. The van der Waals surface area contributed by atoms with Crippen LogP contribution in [0.1, 0.15) is 62.8 Å². The second-order valence-electron chi connectivity index (χ2n) is 8.80. The van der Waals surface area contributed by atoms with Crippen molar-refractivity contribution in [3.05, 3.63) is 46.7 Å². The van der Waals surface area contributed by atoms with E-state index >= 15 is 0 Å². The van der Waals surface area contributed by atoms with Crippen LogP contribution in [0, 0.1) is 11.5 Å². The Morgan fingerprint density at radius 3 is 2.25 bits per heavy atom. The molecule has 2 heterocycles. The number of aromatic nitrogens is 1. The molecule has 0 amide bonds. The van der Waals surface area contributed by atoms with Gasteiger partial charge in [-0.15, -0.1) is 0 Å². The molecule has 0 bridgehead atoms. The highest BCUT2D eigenvalue weighted by Crippen LogP contribution is 2.46. The second-order valence-corrected chi connectivity index (χ2v) is 8.80. The van der Waals surface area contributed by atoms with E-state index in [-0.39, 0.29) is 50.1 Å². The minimum Gasteiger partial charge on any atom is -0.392 e. The number of nitrogens with zero attached hydrogens (tertiary/aromatic N) is 2. The molecule has 10 heteroatoms. The molecule has 2 aliphatic rings. The highest BCUT2D eigenvalue weighted by molar-refractivity contribution is 5.91. The Morgan fingerprint density at radius 1 is 1.11 bits per heavy atom. The largest absolute Gasteiger partial charge is 0.469 e. The standard InChI is InChI=1S/C26H29N3O7/c1-4-21(31)34-26(35-22(32)5-2,36-23(33)6-3)25-18-11-20-17(10-15(13-30)12-29(20)14-27)16-8-7-9-19(28-25)24(16)18/h7-10,17,20,28,30H,4-6,11-13H2,1-3H3/t17-,20-/m1/s1. The third-order valence-corrected chi connectivity index (χ3v) is 6.58. The van der Waals surface area contributed by atoms with E-state index in [2.05, 4.69) is 11.2 Å². The lowest BCUT2D eigenvalue weighted by Crippen LogP contribution is -2.46. The van der Waals surface area contributed by atoms with Crippen LogP contribution < -0.4 is 0 Å². The van der Waals surface area contributed by atoms with Crippen molar-refractivity contribution in [2.75, 3.05) is 13.2 Å². The van der Waals surface area contributed by atoms with E-state index in [1.165, 1.54) is 0 Å². The molecule has 10 nitrogen and oxygen atoms in total. The molecule has 0 saturated heterocycles. The summed E-state index contributed by atoms with van der Waals surface area (Å²) in [5.74, 6) is -4.80. The van der Waals surface area contributed by atoms with Crippen molar-refractivity contribution >= 4 is 28.8 Å². The summed E-state index contributed by atoms with van der Waals surface area (Å²) in [6.45, 7) is 4.86. The van der Waals surface area contributed by atoms with Gasteiger partial charge in [-0.25, -0.2) is 0 Å². The van der Waals surface area contributed by atoms with Crippen molar-refractivity contribution in [3.63, 3.8) is 0 Å². The van der Waals surface area contributed by atoms with E-state index in [4.69, 9.17) is 14.2 Å². The number of nitriles is 1. The van der Waals surface area contributed by atoms with Crippen molar-refractivity contribution in [3.8, 4) is 6.19 Å². The summed E-state index contributed by atoms with van der Waals surface area (Å²) in [5, 5.41) is 20.4. The van der Waals surface area contributed by atoms with Crippen LogP contribution in [0.4, 0.5) is 0 Å². The Bertz CT molecular complexity index is 1230. The minimum absolute atomic E-state index is 0.0441. The van der Waals surface area contributed by atoms with Crippen molar-refractivity contribution in [1.82, 2.24) is 9.88 Å². The Hall–Kier alpha value is -3.84. The lowest BCUT2D eigenvalue weighted by atomic mass is 9.76. The Kier molecular flexibility index (Phi) is 7.04. The monoisotopic (exact) mass is 495 g/mol. The molecule has 0 unspecified atom stereocenters. The van der Waals surface area contributed by atoms with Crippen LogP contribution in [-0.4, -0.2) is 52.1 Å². The molecule has 2 aromatic rings. The van der Waals surface area contributed by atoms with Gasteiger partial charge in [-0.2, -0.15) is 5.26 Å². The highest BCUT2D eigenvalue weighted by atomic mass is 16.9. The van der Waals surface area contributed by atoms with Gasteiger partial charge in [0.25, 0.3) is 0 Å². The van der Waals surface area contributed by atoms with Gasteiger partial charge in [0, 0.05) is 36.1 Å². The molecule has 4 rings (SSSR count). The number of ether oxygens (including phenoxy) is 3.